The van der Waals surface area contributed by atoms with E-state index in [2.05, 4.69) is 36.3 Å². The number of aryl methyl sites for hydroxylation is 1. The molecule has 1 fully saturated rings. The number of nitrogens with one attached hydrogen (secondary N) is 1. The van der Waals surface area contributed by atoms with Gasteiger partial charge in [-0.2, -0.15) is 0 Å². The molecule has 90 valence electrons. The maximum Gasteiger partial charge on any atom is 0.236 e. The van der Waals surface area contributed by atoms with Crippen molar-refractivity contribution in [2.75, 3.05) is 25.5 Å². The summed E-state index contributed by atoms with van der Waals surface area (Å²) in [5.74, 6) is 0.185. The molecule has 0 bridgehead atoms. The fraction of sp³-hybridized carbons (Fsp3) is 0.500. The van der Waals surface area contributed by atoms with Gasteiger partial charge in [0.05, 0.1) is 5.41 Å². The summed E-state index contributed by atoms with van der Waals surface area (Å²) in [6.07, 6.45) is 2.07. The number of rotatable bonds is 0. The van der Waals surface area contributed by atoms with Crippen LogP contribution in [0.25, 0.3) is 0 Å². The molecule has 2 aliphatic rings. The highest BCUT2D eigenvalue weighted by atomic mass is 16.2. The van der Waals surface area contributed by atoms with Gasteiger partial charge in [0.15, 0.2) is 0 Å². The number of amides is 1. The van der Waals surface area contributed by atoms with Crippen LogP contribution in [0, 0.1) is 6.92 Å². The Morgan fingerprint density at radius 1 is 1.41 bits per heavy atom. The number of carbonyl (C=O) groups excluding carboxylic acids is 1. The second-order valence-electron chi connectivity index (χ2n) is 5.43. The molecule has 1 aromatic carbocycles. The smallest absolute Gasteiger partial charge is 0.236 e. The largest absolute Gasteiger partial charge is 0.325 e. The molecule has 1 aromatic rings. The topological polar surface area (TPSA) is 32.3 Å². The van der Waals surface area contributed by atoms with E-state index in [0.29, 0.717) is 0 Å². The number of hydrogen-bond acceptors (Lipinski definition) is 2. The number of carbonyl (C=O) groups is 1. The molecule has 1 saturated heterocycles. The molecule has 1 amide bonds. The van der Waals surface area contributed by atoms with E-state index in [9.17, 15) is 4.79 Å². The Kier molecular flexibility index (Phi) is 2.26. The van der Waals surface area contributed by atoms with E-state index in [0.717, 1.165) is 31.6 Å². The molecule has 1 N–H and O–H groups in total. The predicted octanol–water partition coefficient (Wildman–Crippen LogP) is 1.91. The van der Waals surface area contributed by atoms with Crippen molar-refractivity contribution in [2.45, 2.75) is 25.2 Å². The van der Waals surface area contributed by atoms with Crippen molar-refractivity contribution in [3.05, 3.63) is 29.3 Å². The summed E-state index contributed by atoms with van der Waals surface area (Å²) in [4.78, 5) is 14.6. The van der Waals surface area contributed by atoms with E-state index in [-0.39, 0.29) is 11.3 Å². The molecule has 1 spiro atoms. The zero-order valence-corrected chi connectivity index (χ0v) is 10.4. The van der Waals surface area contributed by atoms with Crippen LogP contribution < -0.4 is 5.32 Å². The minimum Gasteiger partial charge on any atom is -0.325 e. The van der Waals surface area contributed by atoms with E-state index in [4.69, 9.17) is 0 Å². The second-order valence-corrected chi connectivity index (χ2v) is 5.43. The molecular weight excluding hydrogens is 212 g/mol. The maximum atomic E-state index is 12.3. The van der Waals surface area contributed by atoms with Gasteiger partial charge in [0, 0.05) is 12.2 Å². The van der Waals surface area contributed by atoms with Crippen LogP contribution in [0.15, 0.2) is 18.2 Å². The molecule has 0 aliphatic carbocycles. The van der Waals surface area contributed by atoms with Gasteiger partial charge < -0.3 is 10.2 Å². The van der Waals surface area contributed by atoms with Gasteiger partial charge in [0.1, 0.15) is 0 Å². The maximum absolute atomic E-state index is 12.3. The minimum absolute atomic E-state index is 0.185. The van der Waals surface area contributed by atoms with Crippen molar-refractivity contribution in [2.24, 2.45) is 0 Å². The number of piperidine rings is 1. The summed E-state index contributed by atoms with van der Waals surface area (Å²) in [5.41, 5.74) is 3.15. The average Bonchev–Trinajstić information content (AvgIpc) is 2.53. The quantitative estimate of drug-likeness (QED) is 0.738. The molecule has 0 saturated carbocycles. The fourth-order valence-corrected chi connectivity index (χ4v) is 3.20. The van der Waals surface area contributed by atoms with Gasteiger partial charge in [0.2, 0.25) is 5.91 Å². The Balaban J connectivity index is 2.11. The zero-order valence-electron chi connectivity index (χ0n) is 10.4. The number of benzene rings is 1. The normalized spacial score (nSPS) is 28.2. The third kappa shape index (κ3) is 1.49. The van der Waals surface area contributed by atoms with Gasteiger partial charge in [-0.25, -0.2) is 0 Å². The van der Waals surface area contributed by atoms with Crippen LogP contribution in [-0.2, 0) is 10.2 Å². The van der Waals surface area contributed by atoms with Crippen molar-refractivity contribution in [3.8, 4) is 0 Å². The summed E-state index contributed by atoms with van der Waals surface area (Å²) in [6, 6.07) is 6.27. The van der Waals surface area contributed by atoms with Gasteiger partial charge in [-0.15, -0.1) is 0 Å². The van der Waals surface area contributed by atoms with E-state index in [1.165, 1.54) is 11.1 Å². The highest BCUT2D eigenvalue weighted by Gasteiger charge is 2.48. The van der Waals surface area contributed by atoms with Crippen molar-refractivity contribution < 1.29 is 4.79 Å². The van der Waals surface area contributed by atoms with Crippen LogP contribution in [0.1, 0.15) is 24.0 Å². The third-order valence-electron chi connectivity index (χ3n) is 4.06. The van der Waals surface area contributed by atoms with Crippen LogP contribution in [0.5, 0.6) is 0 Å². The summed E-state index contributed by atoms with van der Waals surface area (Å²) in [7, 11) is 2.10. The zero-order chi connectivity index (χ0) is 12.0. The second kappa shape index (κ2) is 3.57. The Hall–Kier alpha value is -1.35. The standard InChI is InChI=1S/C14H18N2O/c1-10-4-5-12-11(8-10)14(13(17)15-12)6-3-7-16(2)9-14/h4-5,8H,3,6-7,9H2,1-2H3,(H,15,17). The first-order valence-corrected chi connectivity index (χ1v) is 6.23. The molecule has 3 nitrogen and oxygen atoms in total. The predicted molar refractivity (Wildman–Crippen MR) is 68.2 cm³/mol. The first-order chi connectivity index (χ1) is 8.12. The van der Waals surface area contributed by atoms with E-state index in [1.54, 1.807) is 0 Å². The van der Waals surface area contributed by atoms with Crippen LogP contribution in [0.4, 0.5) is 5.69 Å². The summed E-state index contributed by atoms with van der Waals surface area (Å²) >= 11 is 0. The lowest BCUT2D eigenvalue weighted by Gasteiger charge is -2.37. The lowest BCUT2D eigenvalue weighted by atomic mass is 9.75. The van der Waals surface area contributed by atoms with Crippen LogP contribution in [0.3, 0.4) is 0 Å². The first kappa shape index (κ1) is 10.8. The lowest BCUT2D eigenvalue weighted by molar-refractivity contribution is -0.122. The average molecular weight is 230 g/mol. The molecular formula is C14H18N2O. The van der Waals surface area contributed by atoms with Gasteiger partial charge in [0.25, 0.3) is 0 Å². The molecule has 0 aromatic heterocycles. The molecule has 2 heterocycles. The van der Waals surface area contributed by atoms with Crippen LogP contribution in [0.2, 0.25) is 0 Å². The number of anilines is 1. The molecule has 3 rings (SSSR count). The molecule has 0 radical (unpaired) electrons. The molecule has 1 unspecified atom stereocenters. The Morgan fingerprint density at radius 2 is 2.24 bits per heavy atom. The van der Waals surface area contributed by atoms with Crippen molar-refractivity contribution in [1.29, 1.82) is 0 Å². The highest BCUT2D eigenvalue weighted by molar-refractivity contribution is 6.06. The summed E-state index contributed by atoms with van der Waals surface area (Å²) in [5, 5.41) is 3.04. The first-order valence-electron chi connectivity index (χ1n) is 6.23. The molecule has 3 heteroatoms. The summed E-state index contributed by atoms with van der Waals surface area (Å²) < 4.78 is 0. The van der Waals surface area contributed by atoms with Gasteiger partial charge in [-0.05, 0) is 45.0 Å². The lowest BCUT2D eigenvalue weighted by Crippen LogP contribution is -2.48. The van der Waals surface area contributed by atoms with Gasteiger partial charge in [-0.3, -0.25) is 4.79 Å². The Morgan fingerprint density at radius 3 is 3.00 bits per heavy atom. The molecule has 2 aliphatic heterocycles. The van der Waals surface area contributed by atoms with Gasteiger partial charge in [-0.1, -0.05) is 17.7 Å². The number of likely N-dealkylation sites (N-methyl/N-ethyl adjacent to an activating group) is 1. The van der Waals surface area contributed by atoms with Crippen LogP contribution >= 0.6 is 0 Å². The molecule has 17 heavy (non-hydrogen) atoms. The summed E-state index contributed by atoms with van der Waals surface area (Å²) in [6.45, 7) is 4.02. The van der Waals surface area contributed by atoms with Crippen molar-refractivity contribution >= 4 is 11.6 Å². The number of hydrogen-bond donors (Lipinski definition) is 1. The van der Waals surface area contributed by atoms with E-state index >= 15 is 0 Å². The van der Waals surface area contributed by atoms with Crippen LogP contribution in [-0.4, -0.2) is 30.9 Å². The number of nitrogens with zero attached hydrogens (tertiary/aromatic N) is 1. The molecule has 1 atom stereocenters. The van der Waals surface area contributed by atoms with E-state index < -0.39 is 0 Å². The SMILES string of the molecule is Cc1ccc2c(c1)C1(CCCN(C)C1)C(=O)N2. The third-order valence-corrected chi connectivity index (χ3v) is 4.06. The fourth-order valence-electron chi connectivity index (χ4n) is 3.20. The van der Waals surface area contributed by atoms with Gasteiger partial charge >= 0.3 is 0 Å². The Bertz CT molecular complexity index is 483. The minimum atomic E-state index is -0.297. The monoisotopic (exact) mass is 230 g/mol. The highest BCUT2D eigenvalue weighted by Crippen LogP contribution is 2.43. The number of likely N-dealkylation sites (tertiary alicyclic amines) is 1. The Labute approximate surface area is 102 Å². The van der Waals surface area contributed by atoms with E-state index in [1.807, 2.05) is 6.07 Å². The number of fused-ring (bicyclic) bond motifs is 2. The van der Waals surface area contributed by atoms with Crippen molar-refractivity contribution in [1.82, 2.24) is 4.90 Å². The van der Waals surface area contributed by atoms with Crippen molar-refractivity contribution in [3.63, 3.8) is 0 Å².